The van der Waals surface area contributed by atoms with Crippen molar-refractivity contribution in [3.05, 3.63) is 33.2 Å². The van der Waals surface area contributed by atoms with Crippen LogP contribution in [0.1, 0.15) is 23.7 Å². The molecule has 0 aromatic carbocycles. The average Bonchev–Trinajstić information content (AvgIpc) is 2.37. The monoisotopic (exact) mass is 315 g/mol. The highest BCUT2D eigenvalue weighted by molar-refractivity contribution is 5.85. The normalized spacial score (nSPS) is 21.5. The Labute approximate surface area is 130 Å². The fourth-order valence-electron chi connectivity index (χ4n) is 2.41. The first-order valence-corrected chi connectivity index (χ1v) is 6.81. The van der Waals surface area contributed by atoms with E-state index >= 15 is 0 Å². The lowest BCUT2D eigenvalue weighted by Gasteiger charge is -2.29. The van der Waals surface area contributed by atoms with Gasteiger partial charge in [-0.05, 0) is 32.4 Å². The molecule has 2 heterocycles. The van der Waals surface area contributed by atoms with Crippen LogP contribution in [0, 0.1) is 13.8 Å². The van der Waals surface area contributed by atoms with Crippen LogP contribution >= 0.6 is 12.4 Å². The topological polar surface area (TPSA) is 83.2 Å². The molecule has 1 aromatic heterocycles. The van der Waals surface area contributed by atoms with Crippen molar-refractivity contribution in [3.63, 3.8) is 0 Å². The van der Waals surface area contributed by atoms with Gasteiger partial charge in [0.2, 0.25) is 5.91 Å². The number of aromatic amines is 1. The number of aryl methyl sites for hydroxylation is 2. The Morgan fingerprint density at radius 2 is 2.19 bits per heavy atom. The smallest absolute Gasteiger partial charge is 0.253 e. The summed E-state index contributed by atoms with van der Waals surface area (Å²) in [6.45, 7) is 7.07. The summed E-state index contributed by atoms with van der Waals surface area (Å²) in [7, 11) is 0. The van der Waals surface area contributed by atoms with Crippen LogP contribution in [0.4, 0.5) is 0 Å². The molecule has 1 aromatic rings. The molecule has 0 saturated carbocycles. The van der Waals surface area contributed by atoms with Gasteiger partial charge in [0.25, 0.3) is 5.56 Å². The molecule has 0 aliphatic carbocycles. The van der Waals surface area contributed by atoms with Gasteiger partial charge in [0.05, 0.1) is 12.7 Å². The molecule has 1 fully saturated rings. The fraction of sp³-hybridized carbons (Fsp3) is 0.571. The minimum Gasteiger partial charge on any atom is -0.375 e. The van der Waals surface area contributed by atoms with Gasteiger partial charge < -0.3 is 20.4 Å². The van der Waals surface area contributed by atoms with E-state index in [1.807, 2.05) is 26.8 Å². The van der Waals surface area contributed by atoms with E-state index in [4.69, 9.17) is 4.74 Å². The van der Waals surface area contributed by atoms with E-state index in [9.17, 15) is 9.59 Å². The number of H-pyrrole nitrogens is 1. The molecule has 1 amide bonds. The summed E-state index contributed by atoms with van der Waals surface area (Å²) in [6, 6.07) is 1.53. The SMILES string of the molecule is Cc1cc(C)c(CNC(=O)[C@H]2NCCO[C@@H]2C)c(=O)[nH]1.Cl. The molecule has 2 atom stereocenters. The van der Waals surface area contributed by atoms with Crippen molar-refractivity contribution in [1.82, 2.24) is 15.6 Å². The van der Waals surface area contributed by atoms with E-state index in [0.717, 1.165) is 11.3 Å². The Morgan fingerprint density at radius 1 is 1.48 bits per heavy atom. The number of amides is 1. The Hall–Kier alpha value is -1.37. The predicted molar refractivity (Wildman–Crippen MR) is 82.8 cm³/mol. The van der Waals surface area contributed by atoms with Gasteiger partial charge in [0.1, 0.15) is 6.04 Å². The van der Waals surface area contributed by atoms with Gasteiger partial charge in [0, 0.05) is 24.3 Å². The van der Waals surface area contributed by atoms with Crippen molar-refractivity contribution in [3.8, 4) is 0 Å². The van der Waals surface area contributed by atoms with Gasteiger partial charge in [0.15, 0.2) is 0 Å². The van der Waals surface area contributed by atoms with Crippen LogP contribution in [0.25, 0.3) is 0 Å². The number of pyridine rings is 1. The number of aromatic nitrogens is 1. The minimum absolute atomic E-state index is 0. The summed E-state index contributed by atoms with van der Waals surface area (Å²) in [6.07, 6.45) is -0.166. The Bertz CT molecular complexity index is 559. The second-order valence-electron chi connectivity index (χ2n) is 5.17. The number of halogens is 1. The average molecular weight is 316 g/mol. The predicted octanol–water partition coefficient (Wildman–Crippen LogP) is 0.407. The molecule has 1 saturated heterocycles. The largest absolute Gasteiger partial charge is 0.375 e. The maximum Gasteiger partial charge on any atom is 0.253 e. The molecule has 1 aliphatic rings. The lowest BCUT2D eigenvalue weighted by molar-refractivity contribution is -0.129. The highest BCUT2D eigenvalue weighted by atomic mass is 35.5. The van der Waals surface area contributed by atoms with Crippen molar-refractivity contribution in [2.45, 2.75) is 39.5 Å². The third-order valence-corrected chi connectivity index (χ3v) is 3.53. The molecule has 7 heteroatoms. The number of morpholine rings is 1. The maximum atomic E-state index is 12.1. The molecule has 2 rings (SSSR count). The highest BCUT2D eigenvalue weighted by Gasteiger charge is 2.28. The van der Waals surface area contributed by atoms with Crippen molar-refractivity contribution in [2.75, 3.05) is 13.2 Å². The van der Waals surface area contributed by atoms with Crippen LogP contribution in [-0.2, 0) is 16.1 Å². The van der Waals surface area contributed by atoms with Gasteiger partial charge in [-0.1, -0.05) is 0 Å². The van der Waals surface area contributed by atoms with Crippen LogP contribution < -0.4 is 16.2 Å². The number of ether oxygens (including phenoxy) is 1. The number of carbonyl (C=O) groups is 1. The van der Waals surface area contributed by atoms with Gasteiger partial charge >= 0.3 is 0 Å². The van der Waals surface area contributed by atoms with Crippen LogP contribution in [-0.4, -0.2) is 36.2 Å². The number of carbonyl (C=O) groups excluding carboxylic acids is 1. The lowest BCUT2D eigenvalue weighted by atomic mass is 10.1. The highest BCUT2D eigenvalue weighted by Crippen LogP contribution is 2.06. The van der Waals surface area contributed by atoms with Crippen LogP contribution in [0.2, 0.25) is 0 Å². The molecule has 0 unspecified atom stereocenters. The molecule has 0 radical (unpaired) electrons. The molecule has 0 bridgehead atoms. The third-order valence-electron chi connectivity index (χ3n) is 3.53. The van der Waals surface area contributed by atoms with E-state index in [1.165, 1.54) is 0 Å². The first-order chi connectivity index (χ1) is 9.49. The van der Waals surface area contributed by atoms with E-state index in [1.54, 1.807) is 0 Å². The Balaban J connectivity index is 0.00000220. The summed E-state index contributed by atoms with van der Waals surface area (Å²) >= 11 is 0. The molecule has 6 nitrogen and oxygen atoms in total. The molecule has 118 valence electrons. The summed E-state index contributed by atoms with van der Waals surface area (Å²) in [5.41, 5.74) is 2.14. The van der Waals surface area contributed by atoms with Gasteiger partial charge in [-0.3, -0.25) is 9.59 Å². The molecular formula is C14H22ClN3O3. The number of rotatable bonds is 3. The minimum atomic E-state index is -0.367. The van der Waals surface area contributed by atoms with E-state index in [2.05, 4.69) is 15.6 Å². The van der Waals surface area contributed by atoms with E-state index in [0.29, 0.717) is 18.7 Å². The van der Waals surface area contributed by atoms with Crippen molar-refractivity contribution < 1.29 is 9.53 Å². The second-order valence-corrected chi connectivity index (χ2v) is 5.17. The zero-order chi connectivity index (χ0) is 14.7. The number of hydrogen-bond donors (Lipinski definition) is 3. The lowest BCUT2D eigenvalue weighted by Crippen LogP contribution is -2.55. The molecular weight excluding hydrogens is 294 g/mol. The Morgan fingerprint density at radius 3 is 2.81 bits per heavy atom. The van der Waals surface area contributed by atoms with Crippen LogP contribution in [0.15, 0.2) is 10.9 Å². The third kappa shape index (κ3) is 4.30. The van der Waals surface area contributed by atoms with Crippen LogP contribution in [0.3, 0.4) is 0 Å². The van der Waals surface area contributed by atoms with Gasteiger partial charge in [-0.15, -0.1) is 12.4 Å². The fourth-order valence-corrected chi connectivity index (χ4v) is 2.41. The quantitative estimate of drug-likeness (QED) is 0.754. The van der Waals surface area contributed by atoms with Crippen molar-refractivity contribution in [2.24, 2.45) is 0 Å². The second kappa shape index (κ2) is 7.59. The first kappa shape index (κ1) is 17.7. The van der Waals surface area contributed by atoms with Gasteiger partial charge in [-0.2, -0.15) is 0 Å². The number of nitrogens with one attached hydrogen (secondary N) is 3. The first-order valence-electron chi connectivity index (χ1n) is 6.81. The van der Waals surface area contributed by atoms with Crippen molar-refractivity contribution in [1.29, 1.82) is 0 Å². The van der Waals surface area contributed by atoms with E-state index < -0.39 is 0 Å². The summed E-state index contributed by atoms with van der Waals surface area (Å²) in [5, 5.41) is 5.92. The standard InChI is InChI=1S/C14H21N3O3.ClH/c1-8-6-9(2)17-13(18)11(8)7-16-14(19)12-10(3)20-5-4-15-12;/h6,10,12,15H,4-5,7H2,1-3H3,(H,16,19)(H,17,18);1H/t10-,12+;/m1./s1. The molecule has 21 heavy (non-hydrogen) atoms. The Kier molecular flexibility index (Phi) is 6.39. The zero-order valence-electron chi connectivity index (χ0n) is 12.5. The molecule has 0 spiro atoms. The van der Waals surface area contributed by atoms with Gasteiger partial charge in [-0.25, -0.2) is 0 Å². The van der Waals surface area contributed by atoms with Crippen molar-refractivity contribution >= 4 is 18.3 Å². The summed E-state index contributed by atoms with van der Waals surface area (Å²) in [4.78, 5) is 26.7. The number of hydrogen-bond acceptors (Lipinski definition) is 4. The molecule has 1 aliphatic heterocycles. The summed E-state index contributed by atoms with van der Waals surface area (Å²) < 4.78 is 5.44. The summed E-state index contributed by atoms with van der Waals surface area (Å²) in [5.74, 6) is -0.142. The zero-order valence-corrected chi connectivity index (χ0v) is 13.3. The molecule has 3 N–H and O–H groups in total. The van der Waals surface area contributed by atoms with E-state index in [-0.39, 0.29) is 42.6 Å². The maximum absolute atomic E-state index is 12.1. The van der Waals surface area contributed by atoms with Crippen LogP contribution in [0.5, 0.6) is 0 Å².